The summed E-state index contributed by atoms with van der Waals surface area (Å²) >= 11 is 6.99. The smallest absolute Gasteiger partial charge is 0.262 e. The van der Waals surface area contributed by atoms with Gasteiger partial charge in [-0.25, -0.2) is 0 Å². The molecule has 1 heterocycles. The number of aliphatic hydroxyl groups is 1. The number of hydrogen-bond acceptors (Lipinski definition) is 4. The van der Waals surface area contributed by atoms with Crippen LogP contribution in [0.3, 0.4) is 0 Å². The van der Waals surface area contributed by atoms with Crippen molar-refractivity contribution < 1.29 is 14.7 Å². The third kappa shape index (κ3) is 5.59. The Bertz CT molecular complexity index is 537. The van der Waals surface area contributed by atoms with Gasteiger partial charge in [-0.3, -0.25) is 9.59 Å². The summed E-state index contributed by atoms with van der Waals surface area (Å²) in [5.41, 5.74) is -0.989. The Morgan fingerprint density at radius 3 is 2.41 bits per heavy atom. The number of hydrogen-bond donors (Lipinski definition) is 2. The van der Waals surface area contributed by atoms with E-state index < -0.39 is 11.6 Å². The minimum absolute atomic E-state index is 0.0730. The molecule has 2 N–H and O–H groups in total. The van der Waals surface area contributed by atoms with Gasteiger partial charge in [0.25, 0.3) is 5.91 Å². The first kappa shape index (κ1) is 18.9. The molecule has 0 aromatic carbocycles. The Morgan fingerprint density at radius 1 is 1.41 bits per heavy atom. The van der Waals surface area contributed by atoms with Gasteiger partial charge in [0.15, 0.2) is 0 Å². The van der Waals surface area contributed by atoms with Crippen molar-refractivity contribution in [3.8, 4) is 0 Å². The van der Waals surface area contributed by atoms with E-state index in [1.54, 1.807) is 33.0 Å². The van der Waals surface area contributed by atoms with Crippen LogP contribution in [0.25, 0.3) is 0 Å². The van der Waals surface area contributed by atoms with Crippen LogP contribution in [0.5, 0.6) is 0 Å². The summed E-state index contributed by atoms with van der Waals surface area (Å²) in [6, 6.07) is 2.62. The molecule has 0 radical (unpaired) electrons. The molecule has 0 aliphatic carbocycles. The van der Waals surface area contributed by atoms with E-state index in [0.717, 1.165) is 0 Å². The third-order valence-corrected chi connectivity index (χ3v) is 4.25. The predicted molar refractivity (Wildman–Crippen MR) is 89.4 cm³/mol. The highest BCUT2D eigenvalue weighted by Gasteiger charge is 2.29. The van der Waals surface area contributed by atoms with E-state index in [9.17, 15) is 14.7 Å². The molecular weight excluding hydrogens is 324 g/mol. The summed E-state index contributed by atoms with van der Waals surface area (Å²) in [5.74, 6) is -0.620. The van der Waals surface area contributed by atoms with Gasteiger partial charge in [-0.2, -0.15) is 0 Å². The number of likely N-dealkylation sites (N-methyl/N-ethyl adjacent to an activating group) is 1. The summed E-state index contributed by atoms with van der Waals surface area (Å²) in [4.78, 5) is 26.6. The van der Waals surface area contributed by atoms with Gasteiger partial charge in [0.1, 0.15) is 6.04 Å². The fourth-order valence-corrected chi connectivity index (χ4v) is 3.00. The molecule has 0 saturated heterocycles. The van der Waals surface area contributed by atoms with Crippen LogP contribution >= 0.6 is 22.9 Å². The average Bonchev–Trinajstić information content (AvgIpc) is 2.79. The second kappa shape index (κ2) is 7.44. The van der Waals surface area contributed by atoms with Gasteiger partial charge in [0.05, 0.1) is 14.8 Å². The SMILES string of the molecule is CC(C)[C@@H](NC(=O)c1ccc(Cl)s1)C(=O)N(C)CC(C)(C)O. The molecule has 5 nitrogen and oxygen atoms in total. The maximum absolute atomic E-state index is 12.5. The Labute approximate surface area is 140 Å². The molecule has 1 rings (SSSR count). The molecule has 0 spiro atoms. The Morgan fingerprint density at radius 2 is 2.00 bits per heavy atom. The highest BCUT2D eigenvalue weighted by Crippen LogP contribution is 2.21. The normalized spacial score (nSPS) is 13.1. The Hall–Kier alpha value is -1.11. The quantitative estimate of drug-likeness (QED) is 0.830. The number of thiophene rings is 1. The summed E-state index contributed by atoms with van der Waals surface area (Å²) in [5, 5.41) is 12.6. The zero-order chi connectivity index (χ0) is 17.1. The zero-order valence-corrected chi connectivity index (χ0v) is 15.1. The van der Waals surface area contributed by atoms with Crippen molar-refractivity contribution >= 4 is 34.8 Å². The van der Waals surface area contributed by atoms with Crippen molar-refractivity contribution in [2.24, 2.45) is 5.92 Å². The maximum Gasteiger partial charge on any atom is 0.262 e. The van der Waals surface area contributed by atoms with E-state index in [4.69, 9.17) is 11.6 Å². The molecule has 0 bridgehead atoms. The van der Waals surface area contributed by atoms with E-state index >= 15 is 0 Å². The van der Waals surface area contributed by atoms with Gasteiger partial charge in [0, 0.05) is 13.6 Å². The van der Waals surface area contributed by atoms with E-state index in [1.807, 2.05) is 13.8 Å². The first-order valence-electron chi connectivity index (χ1n) is 7.05. The van der Waals surface area contributed by atoms with Crippen LogP contribution in [0.1, 0.15) is 37.4 Å². The van der Waals surface area contributed by atoms with Gasteiger partial charge in [-0.1, -0.05) is 25.4 Å². The second-order valence-corrected chi connectivity index (χ2v) is 8.02. The topological polar surface area (TPSA) is 69.6 Å². The number of nitrogens with zero attached hydrogens (tertiary/aromatic N) is 1. The highest BCUT2D eigenvalue weighted by atomic mass is 35.5. The molecule has 2 amide bonds. The zero-order valence-electron chi connectivity index (χ0n) is 13.5. The number of amides is 2. The first-order valence-corrected chi connectivity index (χ1v) is 8.24. The van der Waals surface area contributed by atoms with Gasteiger partial charge in [0.2, 0.25) is 5.91 Å². The summed E-state index contributed by atoms with van der Waals surface area (Å²) in [6.45, 7) is 7.18. The summed E-state index contributed by atoms with van der Waals surface area (Å²) in [6.07, 6.45) is 0. The predicted octanol–water partition coefficient (Wildman–Crippen LogP) is 2.39. The molecule has 7 heteroatoms. The maximum atomic E-state index is 12.5. The van der Waals surface area contributed by atoms with Crippen molar-refractivity contribution in [1.82, 2.24) is 10.2 Å². The average molecular weight is 347 g/mol. The Balaban J connectivity index is 2.81. The van der Waals surface area contributed by atoms with Crippen molar-refractivity contribution in [1.29, 1.82) is 0 Å². The number of carbonyl (C=O) groups excluding carboxylic acids is 2. The monoisotopic (exact) mass is 346 g/mol. The van der Waals surface area contributed by atoms with Gasteiger partial charge in [-0.05, 0) is 31.9 Å². The van der Waals surface area contributed by atoms with Crippen molar-refractivity contribution in [3.63, 3.8) is 0 Å². The molecule has 124 valence electrons. The Kier molecular flexibility index (Phi) is 6.40. The number of halogens is 1. The largest absolute Gasteiger partial charge is 0.389 e. The van der Waals surface area contributed by atoms with E-state index in [0.29, 0.717) is 9.21 Å². The van der Waals surface area contributed by atoms with Crippen molar-refractivity contribution in [2.45, 2.75) is 39.3 Å². The van der Waals surface area contributed by atoms with Gasteiger partial charge in [-0.15, -0.1) is 11.3 Å². The van der Waals surface area contributed by atoms with Crippen LogP contribution in [0.15, 0.2) is 12.1 Å². The summed E-state index contributed by atoms with van der Waals surface area (Å²) < 4.78 is 0.525. The lowest BCUT2D eigenvalue weighted by atomic mass is 10.0. The minimum atomic E-state index is -0.989. The molecule has 22 heavy (non-hydrogen) atoms. The highest BCUT2D eigenvalue weighted by molar-refractivity contribution is 7.18. The summed E-state index contributed by atoms with van der Waals surface area (Å²) in [7, 11) is 1.61. The lowest BCUT2D eigenvalue weighted by molar-refractivity contribution is -0.135. The van der Waals surface area contributed by atoms with Crippen LogP contribution in [0, 0.1) is 5.92 Å². The third-order valence-electron chi connectivity index (χ3n) is 3.02. The molecule has 0 aliphatic rings. The van der Waals surface area contributed by atoms with E-state index in [1.165, 1.54) is 16.2 Å². The fraction of sp³-hybridized carbons (Fsp3) is 0.600. The number of carbonyl (C=O) groups is 2. The number of nitrogens with one attached hydrogen (secondary N) is 1. The minimum Gasteiger partial charge on any atom is -0.389 e. The molecule has 0 aliphatic heterocycles. The number of rotatable bonds is 6. The molecule has 1 aromatic rings. The second-order valence-electron chi connectivity index (χ2n) is 6.31. The lowest BCUT2D eigenvalue weighted by Gasteiger charge is -2.30. The van der Waals surface area contributed by atoms with Crippen LogP contribution in [0.4, 0.5) is 0 Å². The van der Waals surface area contributed by atoms with E-state index in [2.05, 4.69) is 5.32 Å². The molecular formula is C15H23ClN2O3S. The van der Waals surface area contributed by atoms with Crippen LogP contribution in [-0.4, -0.2) is 47.1 Å². The van der Waals surface area contributed by atoms with Crippen LogP contribution < -0.4 is 5.32 Å². The molecule has 1 aromatic heterocycles. The fourth-order valence-electron chi connectivity index (χ4n) is 2.06. The molecule has 1 atom stereocenters. The molecule has 0 unspecified atom stereocenters. The van der Waals surface area contributed by atoms with Gasteiger partial charge < -0.3 is 15.3 Å². The molecule has 0 saturated carbocycles. The lowest BCUT2D eigenvalue weighted by Crippen LogP contribution is -2.52. The van der Waals surface area contributed by atoms with Crippen molar-refractivity contribution in [2.75, 3.05) is 13.6 Å². The van der Waals surface area contributed by atoms with E-state index in [-0.39, 0.29) is 24.3 Å². The van der Waals surface area contributed by atoms with Gasteiger partial charge >= 0.3 is 0 Å². The molecule has 0 fully saturated rings. The van der Waals surface area contributed by atoms with Crippen LogP contribution in [-0.2, 0) is 4.79 Å². The first-order chi connectivity index (χ1) is 10.0. The standard InChI is InChI=1S/C15H23ClN2O3S/c1-9(2)12(14(20)18(5)8-15(3,4)21)17-13(19)10-6-7-11(16)22-10/h6-7,9,12,21H,8H2,1-5H3,(H,17,19)/t12-/m1/s1. The van der Waals surface area contributed by atoms with Crippen LogP contribution in [0.2, 0.25) is 4.34 Å². The van der Waals surface area contributed by atoms with Crippen molar-refractivity contribution in [3.05, 3.63) is 21.3 Å².